The first-order valence-corrected chi connectivity index (χ1v) is 10.6. The SMILES string of the molecule is COc1ccc(CNC(=O)C(=O)N/N=C\c2ccc(OCc3ccc(Cl)c(Cl)c3)cc2)cc1. The molecular formula is C24H21Cl2N3O4. The molecule has 7 nitrogen and oxygen atoms in total. The maximum Gasteiger partial charge on any atom is 0.329 e. The van der Waals surface area contributed by atoms with E-state index in [1.54, 1.807) is 67.8 Å². The summed E-state index contributed by atoms with van der Waals surface area (Å²) in [6.45, 7) is 0.551. The minimum atomic E-state index is -0.860. The molecule has 0 aliphatic carbocycles. The molecule has 0 radical (unpaired) electrons. The number of amides is 2. The molecule has 0 saturated heterocycles. The maximum atomic E-state index is 11.9. The summed E-state index contributed by atoms with van der Waals surface area (Å²) in [5.41, 5.74) is 4.65. The lowest BCUT2D eigenvalue weighted by Gasteiger charge is -2.07. The van der Waals surface area contributed by atoms with Gasteiger partial charge in [-0.05, 0) is 65.2 Å². The Hall–Kier alpha value is -3.55. The maximum absolute atomic E-state index is 11.9. The molecule has 3 aromatic carbocycles. The van der Waals surface area contributed by atoms with Gasteiger partial charge in [-0.25, -0.2) is 5.43 Å². The Morgan fingerprint density at radius 2 is 1.55 bits per heavy atom. The highest BCUT2D eigenvalue weighted by molar-refractivity contribution is 6.42. The molecule has 33 heavy (non-hydrogen) atoms. The van der Waals surface area contributed by atoms with Gasteiger partial charge in [0.05, 0.1) is 23.4 Å². The number of methoxy groups -OCH3 is 1. The fourth-order valence-corrected chi connectivity index (χ4v) is 2.99. The van der Waals surface area contributed by atoms with Gasteiger partial charge in [-0.15, -0.1) is 0 Å². The number of ether oxygens (including phenoxy) is 2. The van der Waals surface area contributed by atoms with Crippen LogP contribution in [0.1, 0.15) is 16.7 Å². The summed E-state index contributed by atoms with van der Waals surface area (Å²) in [4.78, 5) is 23.8. The van der Waals surface area contributed by atoms with Crippen LogP contribution < -0.4 is 20.2 Å². The van der Waals surface area contributed by atoms with Crippen molar-refractivity contribution in [1.29, 1.82) is 0 Å². The molecule has 3 aromatic rings. The predicted octanol–water partition coefficient (Wildman–Crippen LogP) is 4.35. The molecule has 0 aliphatic rings. The average molecular weight is 486 g/mol. The molecule has 0 saturated carbocycles. The third-order valence-corrected chi connectivity index (χ3v) is 5.21. The molecule has 170 valence electrons. The number of nitrogens with one attached hydrogen (secondary N) is 2. The average Bonchev–Trinajstić information content (AvgIpc) is 2.84. The van der Waals surface area contributed by atoms with E-state index in [2.05, 4.69) is 15.8 Å². The number of rotatable bonds is 8. The van der Waals surface area contributed by atoms with Crippen molar-refractivity contribution < 1.29 is 19.1 Å². The van der Waals surface area contributed by atoms with E-state index in [9.17, 15) is 9.59 Å². The topological polar surface area (TPSA) is 89.0 Å². The van der Waals surface area contributed by atoms with Gasteiger partial charge in [0.15, 0.2) is 0 Å². The molecule has 0 heterocycles. The number of halogens is 2. The molecular weight excluding hydrogens is 465 g/mol. The number of hydrogen-bond donors (Lipinski definition) is 2. The summed E-state index contributed by atoms with van der Waals surface area (Å²) in [7, 11) is 1.57. The highest BCUT2D eigenvalue weighted by Gasteiger charge is 2.12. The zero-order valence-electron chi connectivity index (χ0n) is 17.7. The summed E-state index contributed by atoms with van der Waals surface area (Å²) >= 11 is 11.9. The summed E-state index contributed by atoms with van der Waals surface area (Å²) in [5, 5.41) is 7.30. The van der Waals surface area contributed by atoms with E-state index in [0.29, 0.717) is 28.2 Å². The van der Waals surface area contributed by atoms with Crippen LogP contribution in [0.5, 0.6) is 11.5 Å². The van der Waals surface area contributed by atoms with E-state index >= 15 is 0 Å². The Bertz CT molecular complexity index is 1130. The second-order valence-electron chi connectivity index (χ2n) is 6.84. The predicted molar refractivity (Wildman–Crippen MR) is 128 cm³/mol. The Morgan fingerprint density at radius 3 is 2.21 bits per heavy atom. The largest absolute Gasteiger partial charge is 0.497 e. The first-order chi connectivity index (χ1) is 15.9. The fraction of sp³-hybridized carbons (Fsp3) is 0.125. The third kappa shape index (κ3) is 7.52. The molecule has 0 atom stereocenters. The highest BCUT2D eigenvalue weighted by Crippen LogP contribution is 2.23. The van der Waals surface area contributed by atoms with Gasteiger partial charge in [0.25, 0.3) is 0 Å². The third-order valence-electron chi connectivity index (χ3n) is 4.47. The van der Waals surface area contributed by atoms with Crippen LogP contribution in [-0.2, 0) is 22.7 Å². The Labute approximate surface area is 201 Å². The summed E-state index contributed by atoms with van der Waals surface area (Å²) in [6, 6.07) is 19.5. The number of hydrogen-bond acceptors (Lipinski definition) is 5. The smallest absolute Gasteiger partial charge is 0.329 e. The van der Waals surface area contributed by atoms with Crippen molar-refractivity contribution in [3.63, 3.8) is 0 Å². The van der Waals surface area contributed by atoms with Crippen molar-refractivity contribution in [3.05, 3.63) is 93.5 Å². The minimum Gasteiger partial charge on any atom is -0.497 e. The number of hydrazone groups is 1. The molecule has 0 unspecified atom stereocenters. The van der Waals surface area contributed by atoms with E-state index in [1.165, 1.54) is 6.21 Å². The van der Waals surface area contributed by atoms with Gasteiger partial charge in [-0.1, -0.05) is 41.4 Å². The number of nitrogens with zero attached hydrogens (tertiary/aromatic N) is 1. The lowest BCUT2D eigenvalue weighted by molar-refractivity contribution is -0.139. The van der Waals surface area contributed by atoms with Gasteiger partial charge in [-0.3, -0.25) is 9.59 Å². The Morgan fingerprint density at radius 1 is 0.879 bits per heavy atom. The molecule has 0 spiro atoms. The minimum absolute atomic E-state index is 0.212. The zero-order valence-corrected chi connectivity index (χ0v) is 19.2. The first-order valence-electron chi connectivity index (χ1n) is 9.85. The molecule has 2 amide bonds. The number of carbonyl (C=O) groups is 2. The van der Waals surface area contributed by atoms with Crippen LogP contribution in [0.3, 0.4) is 0 Å². The van der Waals surface area contributed by atoms with E-state index < -0.39 is 11.8 Å². The summed E-state index contributed by atoms with van der Waals surface area (Å²) in [6.07, 6.45) is 1.43. The van der Waals surface area contributed by atoms with Crippen LogP contribution in [0, 0.1) is 0 Å². The van der Waals surface area contributed by atoms with Gasteiger partial charge < -0.3 is 14.8 Å². The number of benzene rings is 3. The van der Waals surface area contributed by atoms with Crippen molar-refractivity contribution in [2.75, 3.05) is 7.11 Å². The first kappa shape index (κ1) is 24.1. The molecule has 2 N–H and O–H groups in total. The lowest BCUT2D eigenvalue weighted by Crippen LogP contribution is -2.37. The van der Waals surface area contributed by atoms with Crippen molar-refractivity contribution in [3.8, 4) is 11.5 Å². The molecule has 0 bridgehead atoms. The van der Waals surface area contributed by atoms with Crippen LogP contribution in [0.15, 0.2) is 71.8 Å². The van der Waals surface area contributed by atoms with Crippen molar-refractivity contribution in [1.82, 2.24) is 10.7 Å². The molecule has 3 rings (SSSR count). The van der Waals surface area contributed by atoms with Gasteiger partial charge in [0, 0.05) is 6.54 Å². The summed E-state index contributed by atoms with van der Waals surface area (Å²) in [5.74, 6) is -0.279. The zero-order chi connectivity index (χ0) is 23.6. The van der Waals surface area contributed by atoms with Gasteiger partial charge >= 0.3 is 11.8 Å². The van der Waals surface area contributed by atoms with Gasteiger partial charge in [-0.2, -0.15) is 5.10 Å². The molecule has 9 heteroatoms. The monoisotopic (exact) mass is 485 g/mol. The standard InChI is InChI=1S/C24H21Cl2N3O4/c1-32-19-7-2-16(3-8-19)13-27-23(30)24(31)29-28-14-17-4-9-20(10-5-17)33-15-18-6-11-21(25)22(26)12-18/h2-12,14H,13,15H2,1H3,(H,27,30)(H,29,31)/b28-14-. The molecule has 0 fully saturated rings. The van der Waals surface area contributed by atoms with Crippen LogP contribution in [0.25, 0.3) is 0 Å². The Balaban J connectivity index is 1.42. The van der Waals surface area contributed by atoms with E-state index in [4.69, 9.17) is 32.7 Å². The van der Waals surface area contributed by atoms with E-state index in [0.717, 1.165) is 16.7 Å². The van der Waals surface area contributed by atoms with Gasteiger partial charge in [0.1, 0.15) is 18.1 Å². The van der Waals surface area contributed by atoms with Crippen molar-refractivity contribution in [2.45, 2.75) is 13.2 Å². The molecule has 0 aliphatic heterocycles. The molecule has 0 aromatic heterocycles. The van der Waals surface area contributed by atoms with Crippen LogP contribution >= 0.6 is 23.2 Å². The quantitative estimate of drug-likeness (QED) is 0.282. The second kappa shape index (κ2) is 11.9. The fourth-order valence-electron chi connectivity index (χ4n) is 2.67. The lowest BCUT2D eigenvalue weighted by atomic mass is 10.2. The van der Waals surface area contributed by atoms with Crippen molar-refractivity contribution in [2.24, 2.45) is 5.10 Å². The second-order valence-corrected chi connectivity index (χ2v) is 7.65. The van der Waals surface area contributed by atoms with Crippen LogP contribution in [0.4, 0.5) is 0 Å². The summed E-state index contributed by atoms with van der Waals surface area (Å²) < 4.78 is 10.8. The van der Waals surface area contributed by atoms with E-state index in [1.807, 2.05) is 6.07 Å². The number of carbonyl (C=O) groups excluding carboxylic acids is 2. The van der Waals surface area contributed by atoms with Crippen LogP contribution in [-0.4, -0.2) is 25.1 Å². The van der Waals surface area contributed by atoms with Crippen LogP contribution in [0.2, 0.25) is 10.0 Å². The highest BCUT2D eigenvalue weighted by atomic mass is 35.5. The normalized spacial score (nSPS) is 10.6. The van der Waals surface area contributed by atoms with Crippen molar-refractivity contribution >= 4 is 41.2 Å². The van der Waals surface area contributed by atoms with Gasteiger partial charge in [0.2, 0.25) is 0 Å². The Kier molecular flexibility index (Phi) is 8.69. The van der Waals surface area contributed by atoms with E-state index in [-0.39, 0.29) is 6.54 Å².